The van der Waals surface area contributed by atoms with Gasteiger partial charge >= 0.3 is 0 Å². The van der Waals surface area contributed by atoms with Crippen molar-refractivity contribution in [3.05, 3.63) is 25.6 Å². The van der Waals surface area contributed by atoms with E-state index < -0.39 is 0 Å². The molecule has 0 saturated carbocycles. The van der Waals surface area contributed by atoms with Crippen LogP contribution in [-0.2, 0) is 4.79 Å². The van der Waals surface area contributed by atoms with Gasteiger partial charge in [-0.2, -0.15) is 0 Å². The van der Waals surface area contributed by atoms with Gasteiger partial charge in [0.2, 0.25) is 0 Å². The van der Waals surface area contributed by atoms with Crippen molar-refractivity contribution in [3.63, 3.8) is 0 Å². The van der Waals surface area contributed by atoms with Gasteiger partial charge in [0.05, 0.1) is 6.54 Å². The summed E-state index contributed by atoms with van der Waals surface area (Å²) >= 11 is 10.4. The first-order valence-corrected chi connectivity index (χ1v) is 6.87. The van der Waals surface area contributed by atoms with Gasteiger partial charge < -0.3 is 4.90 Å². The fraction of sp³-hybridized carbons (Fsp3) is 0.300. The first-order valence-electron chi connectivity index (χ1n) is 4.49. The highest BCUT2D eigenvalue weighted by Crippen LogP contribution is 2.35. The van der Waals surface area contributed by atoms with Crippen LogP contribution < -0.4 is 4.90 Å². The lowest BCUT2D eigenvalue weighted by Crippen LogP contribution is -2.19. The number of ketones is 1. The molecule has 1 aromatic rings. The molecule has 0 unspecified atom stereocenters. The zero-order valence-corrected chi connectivity index (χ0v) is 12.5. The van der Waals surface area contributed by atoms with E-state index in [0.717, 1.165) is 25.7 Å². The third kappa shape index (κ3) is 2.45. The Hall–Kier alpha value is 0.130. The minimum Gasteiger partial charge on any atom is -0.364 e. The normalized spacial score (nSPS) is 16.2. The molecule has 2 rings (SSSR count). The number of carbonyl (C=O) groups is 1. The molecule has 0 atom stereocenters. The number of halogens is 3. The molecule has 0 bridgehead atoms. The minimum absolute atomic E-state index is 0.310. The van der Waals surface area contributed by atoms with E-state index in [1.54, 1.807) is 0 Å². The lowest BCUT2D eigenvalue weighted by molar-refractivity contribution is -0.116. The highest BCUT2D eigenvalue weighted by molar-refractivity contribution is 9.14. The first-order chi connectivity index (χ1) is 7.08. The summed E-state index contributed by atoms with van der Waals surface area (Å²) in [6, 6.07) is 4.04. The molecule has 0 aliphatic carbocycles. The molecular formula is C10H8Br3NO. The van der Waals surface area contributed by atoms with Gasteiger partial charge in [0.15, 0.2) is 5.78 Å². The summed E-state index contributed by atoms with van der Waals surface area (Å²) in [5.74, 6) is 0.310. The molecule has 1 aliphatic heterocycles. The van der Waals surface area contributed by atoms with E-state index in [1.165, 1.54) is 0 Å². The Labute approximate surface area is 113 Å². The average molecular weight is 398 g/mol. The standard InChI is InChI=1S/C10H8Br3NO/c11-8-3-6(4-9(12)10(8)13)14-2-1-7(15)5-14/h3-4H,1-2,5H2. The molecule has 5 heteroatoms. The summed E-state index contributed by atoms with van der Waals surface area (Å²) in [6.45, 7) is 1.35. The molecule has 2 nitrogen and oxygen atoms in total. The Morgan fingerprint density at radius 2 is 1.73 bits per heavy atom. The molecule has 0 amide bonds. The maximum absolute atomic E-state index is 11.2. The van der Waals surface area contributed by atoms with Crippen LogP contribution in [0.3, 0.4) is 0 Å². The lowest BCUT2D eigenvalue weighted by Gasteiger charge is -2.17. The van der Waals surface area contributed by atoms with Crippen LogP contribution >= 0.6 is 47.8 Å². The number of nitrogens with zero attached hydrogens (tertiary/aromatic N) is 1. The highest BCUT2D eigenvalue weighted by atomic mass is 79.9. The number of hydrogen-bond donors (Lipinski definition) is 0. The number of hydrogen-bond acceptors (Lipinski definition) is 2. The van der Waals surface area contributed by atoms with Crippen molar-refractivity contribution in [3.8, 4) is 0 Å². The zero-order chi connectivity index (χ0) is 11.0. The summed E-state index contributed by atoms with van der Waals surface area (Å²) in [5, 5.41) is 0. The van der Waals surface area contributed by atoms with Crippen molar-refractivity contribution in [1.29, 1.82) is 0 Å². The molecule has 1 heterocycles. The largest absolute Gasteiger partial charge is 0.364 e. The van der Waals surface area contributed by atoms with E-state index >= 15 is 0 Å². The molecule has 1 fully saturated rings. The molecule has 0 N–H and O–H groups in total. The van der Waals surface area contributed by atoms with Crippen LogP contribution in [0.5, 0.6) is 0 Å². The van der Waals surface area contributed by atoms with Crippen LogP contribution in [-0.4, -0.2) is 18.9 Å². The average Bonchev–Trinajstić information content (AvgIpc) is 2.60. The van der Waals surface area contributed by atoms with Gasteiger partial charge in [-0.25, -0.2) is 0 Å². The number of anilines is 1. The Balaban J connectivity index is 2.33. The third-order valence-electron chi connectivity index (χ3n) is 2.36. The molecule has 1 saturated heterocycles. The van der Waals surface area contributed by atoms with Gasteiger partial charge in [0, 0.05) is 32.1 Å². The van der Waals surface area contributed by atoms with Crippen molar-refractivity contribution in [2.24, 2.45) is 0 Å². The van der Waals surface area contributed by atoms with Gasteiger partial charge in [-0.05, 0) is 59.9 Å². The Morgan fingerprint density at radius 1 is 1.13 bits per heavy atom. The van der Waals surface area contributed by atoms with Crippen molar-refractivity contribution < 1.29 is 4.79 Å². The van der Waals surface area contributed by atoms with Crippen LogP contribution in [0.1, 0.15) is 6.42 Å². The summed E-state index contributed by atoms with van der Waals surface area (Å²) in [4.78, 5) is 13.3. The second-order valence-electron chi connectivity index (χ2n) is 3.43. The van der Waals surface area contributed by atoms with E-state index in [-0.39, 0.29) is 0 Å². The van der Waals surface area contributed by atoms with Crippen molar-refractivity contribution in [2.75, 3.05) is 18.0 Å². The predicted molar refractivity (Wildman–Crippen MR) is 71.4 cm³/mol. The van der Waals surface area contributed by atoms with Crippen LogP contribution in [0.2, 0.25) is 0 Å². The van der Waals surface area contributed by atoms with Crippen molar-refractivity contribution in [1.82, 2.24) is 0 Å². The third-order valence-corrected chi connectivity index (χ3v) is 5.53. The molecule has 15 heavy (non-hydrogen) atoms. The number of benzene rings is 1. The van der Waals surface area contributed by atoms with Crippen LogP contribution in [0, 0.1) is 0 Å². The molecule has 0 spiro atoms. The molecule has 0 aromatic heterocycles. The van der Waals surface area contributed by atoms with Gasteiger partial charge in [-0.3, -0.25) is 4.79 Å². The van der Waals surface area contributed by atoms with E-state index in [0.29, 0.717) is 18.7 Å². The predicted octanol–water partition coefficient (Wildman–Crippen LogP) is 3.75. The second-order valence-corrected chi connectivity index (χ2v) is 5.94. The summed E-state index contributed by atoms with van der Waals surface area (Å²) in [6.07, 6.45) is 0.658. The topological polar surface area (TPSA) is 20.3 Å². The van der Waals surface area contributed by atoms with E-state index in [4.69, 9.17) is 0 Å². The molecule has 1 aliphatic rings. The molecular weight excluding hydrogens is 390 g/mol. The monoisotopic (exact) mass is 395 g/mol. The van der Waals surface area contributed by atoms with E-state index in [1.807, 2.05) is 12.1 Å². The van der Waals surface area contributed by atoms with Crippen LogP contribution in [0.15, 0.2) is 25.6 Å². The fourth-order valence-electron chi connectivity index (χ4n) is 1.58. The van der Waals surface area contributed by atoms with E-state index in [9.17, 15) is 4.79 Å². The highest BCUT2D eigenvalue weighted by Gasteiger charge is 2.20. The van der Waals surface area contributed by atoms with Gasteiger partial charge in [0.25, 0.3) is 0 Å². The first kappa shape index (κ1) is 11.6. The summed E-state index contributed by atoms with van der Waals surface area (Å²) in [5.41, 5.74) is 1.07. The number of Topliss-reactive ketones (excluding diaryl/α,β-unsaturated/α-hetero) is 1. The quantitative estimate of drug-likeness (QED) is 0.673. The maximum Gasteiger partial charge on any atom is 0.153 e. The Morgan fingerprint density at radius 3 is 2.20 bits per heavy atom. The fourth-order valence-corrected chi connectivity index (χ4v) is 2.97. The zero-order valence-electron chi connectivity index (χ0n) is 7.77. The van der Waals surface area contributed by atoms with Crippen molar-refractivity contribution >= 4 is 59.3 Å². The molecule has 1 aromatic carbocycles. The number of carbonyl (C=O) groups excluding carboxylic acids is 1. The lowest BCUT2D eigenvalue weighted by atomic mass is 10.3. The Bertz CT molecular complexity index is 396. The smallest absolute Gasteiger partial charge is 0.153 e. The molecule has 0 radical (unpaired) electrons. The van der Waals surface area contributed by atoms with Gasteiger partial charge in [-0.1, -0.05) is 0 Å². The summed E-state index contributed by atoms with van der Waals surface area (Å²) in [7, 11) is 0. The van der Waals surface area contributed by atoms with Crippen LogP contribution in [0.25, 0.3) is 0 Å². The van der Waals surface area contributed by atoms with Crippen LogP contribution in [0.4, 0.5) is 5.69 Å². The van der Waals surface area contributed by atoms with E-state index in [2.05, 4.69) is 52.7 Å². The summed E-state index contributed by atoms with van der Waals surface area (Å²) < 4.78 is 2.98. The Kier molecular flexibility index (Phi) is 3.52. The number of rotatable bonds is 1. The maximum atomic E-state index is 11.2. The SMILES string of the molecule is O=C1CCN(c2cc(Br)c(Br)c(Br)c2)C1. The second kappa shape index (κ2) is 4.55. The van der Waals surface area contributed by atoms with Gasteiger partial charge in [-0.15, -0.1) is 0 Å². The molecule has 80 valence electrons. The van der Waals surface area contributed by atoms with Crippen molar-refractivity contribution in [2.45, 2.75) is 6.42 Å². The minimum atomic E-state index is 0.310. The van der Waals surface area contributed by atoms with Gasteiger partial charge in [0.1, 0.15) is 0 Å².